The van der Waals surface area contributed by atoms with E-state index in [2.05, 4.69) is 0 Å². The van der Waals surface area contributed by atoms with Gasteiger partial charge >= 0.3 is 5.97 Å². The lowest BCUT2D eigenvalue weighted by Crippen LogP contribution is -1.93. The van der Waals surface area contributed by atoms with Gasteiger partial charge in [0.2, 0.25) is 0 Å². The summed E-state index contributed by atoms with van der Waals surface area (Å²) in [6, 6.07) is 14.5. The molecule has 0 bridgehead atoms. The summed E-state index contributed by atoms with van der Waals surface area (Å²) in [7, 11) is 0. The van der Waals surface area contributed by atoms with Gasteiger partial charge in [-0.15, -0.1) is 0 Å². The maximum absolute atomic E-state index is 10.2. The van der Waals surface area contributed by atoms with Crippen LogP contribution in [0.25, 0.3) is 0 Å². The molecule has 0 amide bonds. The first-order chi connectivity index (χ1) is 8.63. The van der Waals surface area contributed by atoms with E-state index < -0.39 is 5.97 Å². The molecule has 0 atom stereocenters. The standard InChI is InChI=1S/C7H6O3.C7H6O/c8-6-3-1-5(2-4-6)7(9)10;8-6-7-4-2-1-3-5-7/h1-4,8H,(H,9,10);1-6H. The minimum absolute atomic E-state index is 0.0741. The first-order valence-electron chi connectivity index (χ1n) is 5.16. The summed E-state index contributed by atoms with van der Waals surface area (Å²) in [5.41, 5.74) is 0.908. The Bertz CT molecular complexity index is 503. The number of benzene rings is 2. The molecule has 2 rings (SSSR count). The number of hydrogen-bond acceptors (Lipinski definition) is 3. The molecule has 0 saturated heterocycles. The number of carboxylic acid groups (broad SMARTS) is 1. The van der Waals surface area contributed by atoms with Crippen LogP contribution in [0.4, 0.5) is 0 Å². The van der Waals surface area contributed by atoms with E-state index in [0.29, 0.717) is 0 Å². The quantitative estimate of drug-likeness (QED) is 0.796. The van der Waals surface area contributed by atoms with Crippen LogP contribution >= 0.6 is 0 Å². The predicted octanol–water partition coefficient (Wildman–Crippen LogP) is 2.59. The van der Waals surface area contributed by atoms with E-state index >= 15 is 0 Å². The molecule has 2 aromatic carbocycles. The third-order valence-electron chi connectivity index (χ3n) is 2.05. The minimum atomic E-state index is -0.986. The second kappa shape index (κ2) is 6.85. The number of aromatic hydroxyl groups is 1. The second-order valence-electron chi connectivity index (χ2n) is 3.38. The normalized spacial score (nSPS) is 8.89. The first-order valence-corrected chi connectivity index (χ1v) is 5.16. The summed E-state index contributed by atoms with van der Waals surface area (Å²) < 4.78 is 0. The molecular weight excluding hydrogens is 232 g/mol. The number of carbonyl (C=O) groups is 2. The first kappa shape index (κ1) is 13.4. The summed E-state index contributed by atoms with van der Waals surface area (Å²) in [6.45, 7) is 0. The zero-order valence-electron chi connectivity index (χ0n) is 9.48. The fourth-order valence-corrected chi connectivity index (χ4v) is 1.14. The van der Waals surface area contributed by atoms with Crippen molar-refractivity contribution in [2.24, 2.45) is 0 Å². The monoisotopic (exact) mass is 244 g/mol. The summed E-state index contributed by atoms with van der Waals surface area (Å²) in [5.74, 6) is -0.912. The molecule has 18 heavy (non-hydrogen) atoms. The van der Waals surface area contributed by atoms with Gasteiger partial charge in [0.1, 0.15) is 12.0 Å². The smallest absolute Gasteiger partial charge is 0.335 e. The fraction of sp³-hybridized carbons (Fsp3) is 0. The number of phenolic OH excluding ortho intramolecular Hbond substituents is 1. The van der Waals surface area contributed by atoms with Crippen LogP contribution in [0.5, 0.6) is 5.75 Å². The summed E-state index contributed by atoms with van der Waals surface area (Å²) >= 11 is 0. The van der Waals surface area contributed by atoms with E-state index in [9.17, 15) is 9.59 Å². The molecule has 0 spiro atoms. The van der Waals surface area contributed by atoms with Gasteiger partial charge in [0.15, 0.2) is 0 Å². The fourth-order valence-electron chi connectivity index (χ4n) is 1.14. The van der Waals surface area contributed by atoms with Crippen molar-refractivity contribution >= 4 is 12.3 Å². The average Bonchev–Trinajstić information content (AvgIpc) is 2.41. The Labute approximate surface area is 104 Å². The summed E-state index contributed by atoms with van der Waals surface area (Å²) in [5, 5.41) is 17.1. The highest BCUT2D eigenvalue weighted by molar-refractivity contribution is 5.87. The molecule has 0 saturated carbocycles. The SMILES string of the molecule is O=C(O)c1ccc(O)cc1.O=Cc1ccccc1. The van der Waals surface area contributed by atoms with Crippen molar-refractivity contribution in [2.75, 3.05) is 0 Å². The molecule has 92 valence electrons. The van der Waals surface area contributed by atoms with Crippen molar-refractivity contribution in [2.45, 2.75) is 0 Å². The van der Waals surface area contributed by atoms with Crippen LogP contribution < -0.4 is 0 Å². The molecule has 4 heteroatoms. The van der Waals surface area contributed by atoms with Crippen molar-refractivity contribution in [3.63, 3.8) is 0 Å². The van der Waals surface area contributed by atoms with E-state index in [-0.39, 0.29) is 11.3 Å². The zero-order chi connectivity index (χ0) is 13.4. The van der Waals surface area contributed by atoms with Gasteiger partial charge < -0.3 is 10.2 Å². The lowest BCUT2D eigenvalue weighted by atomic mass is 10.2. The van der Waals surface area contributed by atoms with E-state index in [1.807, 2.05) is 18.2 Å². The van der Waals surface area contributed by atoms with Crippen LogP contribution in [0.2, 0.25) is 0 Å². The topological polar surface area (TPSA) is 74.6 Å². The maximum Gasteiger partial charge on any atom is 0.335 e. The third-order valence-corrected chi connectivity index (χ3v) is 2.05. The Hall–Kier alpha value is -2.62. The molecule has 4 nitrogen and oxygen atoms in total. The van der Waals surface area contributed by atoms with Crippen LogP contribution in [0.1, 0.15) is 20.7 Å². The van der Waals surface area contributed by atoms with E-state index in [0.717, 1.165) is 11.8 Å². The number of carboxylic acids is 1. The van der Waals surface area contributed by atoms with Crippen molar-refractivity contribution in [3.05, 3.63) is 65.7 Å². The highest BCUT2D eigenvalue weighted by atomic mass is 16.4. The Kier molecular flexibility index (Phi) is 5.12. The molecule has 0 radical (unpaired) electrons. The Morgan fingerprint density at radius 2 is 1.50 bits per heavy atom. The second-order valence-corrected chi connectivity index (χ2v) is 3.38. The lowest BCUT2D eigenvalue weighted by molar-refractivity contribution is 0.0696. The maximum atomic E-state index is 10.2. The van der Waals surface area contributed by atoms with Gasteiger partial charge in [0.05, 0.1) is 5.56 Å². The van der Waals surface area contributed by atoms with Gasteiger partial charge in [-0.25, -0.2) is 4.79 Å². The van der Waals surface area contributed by atoms with Gasteiger partial charge in [-0.05, 0) is 24.3 Å². The van der Waals surface area contributed by atoms with Gasteiger partial charge in [-0.2, -0.15) is 0 Å². The van der Waals surface area contributed by atoms with Crippen LogP contribution in [-0.2, 0) is 0 Å². The highest BCUT2D eigenvalue weighted by Crippen LogP contribution is 2.08. The molecular formula is C14H12O4. The number of aldehydes is 1. The molecule has 2 aromatic rings. The number of rotatable bonds is 2. The predicted molar refractivity (Wildman–Crippen MR) is 66.9 cm³/mol. The van der Waals surface area contributed by atoms with Crippen LogP contribution in [0.3, 0.4) is 0 Å². The highest BCUT2D eigenvalue weighted by Gasteiger charge is 1.99. The molecule has 0 aliphatic heterocycles. The molecule has 0 heterocycles. The van der Waals surface area contributed by atoms with Crippen molar-refractivity contribution < 1.29 is 19.8 Å². The zero-order valence-corrected chi connectivity index (χ0v) is 9.48. The number of phenols is 1. The molecule has 0 aliphatic carbocycles. The largest absolute Gasteiger partial charge is 0.508 e. The van der Waals surface area contributed by atoms with Crippen LogP contribution in [-0.4, -0.2) is 22.5 Å². The average molecular weight is 244 g/mol. The number of aromatic carboxylic acids is 1. The Balaban J connectivity index is 0.000000184. The third kappa shape index (κ3) is 4.49. The Morgan fingerprint density at radius 1 is 0.944 bits per heavy atom. The van der Waals surface area contributed by atoms with Crippen LogP contribution in [0.15, 0.2) is 54.6 Å². The Morgan fingerprint density at radius 3 is 1.89 bits per heavy atom. The molecule has 0 aromatic heterocycles. The van der Waals surface area contributed by atoms with Crippen molar-refractivity contribution in [3.8, 4) is 5.75 Å². The number of hydrogen-bond donors (Lipinski definition) is 2. The number of carbonyl (C=O) groups excluding carboxylic acids is 1. The van der Waals surface area contributed by atoms with Crippen molar-refractivity contribution in [1.82, 2.24) is 0 Å². The minimum Gasteiger partial charge on any atom is -0.508 e. The van der Waals surface area contributed by atoms with Crippen LogP contribution in [0, 0.1) is 0 Å². The van der Waals surface area contributed by atoms with Gasteiger partial charge in [0.25, 0.3) is 0 Å². The van der Waals surface area contributed by atoms with Gasteiger partial charge in [-0.1, -0.05) is 30.3 Å². The van der Waals surface area contributed by atoms with E-state index in [1.54, 1.807) is 12.1 Å². The van der Waals surface area contributed by atoms with Gasteiger partial charge in [0, 0.05) is 5.56 Å². The van der Waals surface area contributed by atoms with Crippen molar-refractivity contribution in [1.29, 1.82) is 0 Å². The molecule has 0 aliphatic rings. The van der Waals surface area contributed by atoms with Gasteiger partial charge in [-0.3, -0.25) is 4.79 Å². The molecule has 2 N–H and O–H groups in total. The molecule has 0 fully saturated rings. The summed E-state index contributed by atoms with van der Waals surface area (Å²) in [4.78, 5) is 20.2. The summed E-state index contributed by atoms with van der Waals surface area (Å²) in [6.07, 6.45) is 0.833. The molecule has 0 unspecified atom stereocenters. The van der Waals surface area contributed by atoms with E-state index in [4.69, 9.17) is 10.2 Å². The lowest BCUT2D eigenvalue weighted by Gasteiger charge is -1.92. The van der Waals surface area contributed by atoms with E-state index in [1.165, 1.54) is 24.3 Å².